The van der Waals surface area contributed by atoms with Gasteiger partial charge in [-0.15, -0.1) is 0 Å². The van der Waals surface area contributed by atoms with Crippen LogP contribution in [0.2, 0.25) is 0 Å². The number of aromatic nitrogens is 5. The predicted molar refractivity (Wildman–Crippen MR) is 286 cm³/mol. The Labute approximate surface area is 402 Å². The predicted octanol–water partition coefficient (Wildman–Crippen LogP) is 12.5. The van der Waals surface area contributed by atoms with Crippen molar-refractivity contribution in [3.05, 3.63) is 237 Å². The Bertz CT molecular complexity index is 4220. The summed E-state index contributed by atoms with van der Waals surface area (Å²) in [4.78, 5) is 20.8. The van der Waals surface area contributed by atoms with Gasteiger partial charge in [0, 0.05) is 55.2 Å². The van der Waals surface area contributed by atoms with Gasteiger partial charge in [0.25, 0.3) is 0 Å². The summed E-state index contributed by atoms with van der Waals surface area (Å²) >= 11 is 0. The summed E-state index contributed by atoms with van der Waals surface area (Å²) in [7, 11) is -2.91. The van der Waals surface area contributed by atoms with Crippen molar-refractivity contribution in [3.63, 3.8) is 0 Å². The van der Waals surface area contributed by atoms with Crippen LogP contribution in [-0.4, -0.2) is 32.6 Å². The molecule has 0 saturated carbocycles. The van der Waals surface area contributed by atoms with Crippen LogP contribution >= 0.6 is 0 Å². The van der Waals surface area contributed by atoms with Gasteiger partial charge in [0.15, 0.2) is 25.3 Å². The van der Waals surface area contributed by atoms with E-state index in [1.165, 1.54) is 20.7 Å². The summed E-state index contributed by atoms with van der Waals surface area (Å²) in [6.45, 7) is 0. The Balaban J connectivity index is 1.05. The number of nitrogens with zero attached hydrogens (tertiary/aromatic N) is 5. The fraction of sp³-hybridized carbons (Fsp3) is 0. The number of benzene rings is 9. The second kappa shape index (κ2) is 15.9. The number of pyridine rings is 1. The standard InChI is InChI=1S/C62H39N5O2Si/c1-4-19-41(20-5-1)70(42-21-6-2-7-22-42,43-23-8-3-9-24-43)44-25-14-18-40(38-44)60-64-61(51-31-17-35-55-58(51)50-36-37-63-39-56(50)68-55)66-62(65-60)67-52-32-12-10-27-49(52)57-46(28-16-33-53(57)67)48-30-15-29-47-45-26-11-13-34-54(45)69-59(47)48/h1-39H. The Kier molecular flexibility index (Phi) is 9.08. The maximum atomic E-state index is 6.65. The van der Waals surface area contributed by atoms with Crippen LogP contribution in [0.5, 0.6) is 0 Å². The third kappa shape index (κ3) is 6.07. The van der Waals surface area contributed by atoms with Crippen molar-refractivity contribution in [2.75, 3.05) is 0 Å². The van der Waals surface area contributed by atoms with E-state index in [1.807, 2.05) is 30.3 Å². The summed E-state index contributed by atoms with van der Waals surface area (Å²) in [5, 5.41) is 11.3. The molecule has 0 N–H and O–H groups in total. The Morgan fingerprint density at radius 2 is 0.957 bits per heavy atom. The minimum Gasteiger partial charge on any atom is -0.455 e. The molecule has 8 heteroatoms. The van der Waals surface area contributed by atoms with Gasteiger partial charge in [0.05, 0.1) is 17.2 Å². The first-order valence-electron chi connectivity index (χ1n) is 23.4. The maximum Gasteiger partial charge on any atom is 0.238 e. The summed E-state index contributed by atoms with van der Waals surface area (Å²) in [5.74, 6) is 1.58. The van der Waals surface area contributed by atoms with E-state index in [4.69, 9.17) is 23.8 Å². The molecule has 14 rings (SSSR count). The van der Waals surface area contributed by atoms with Crippen LogP contribution in [0.1, 0.15) is 0 Å². The van der Waals surface area contributed by atoms with Crippen LogP contribution in [0.15, 0.2) is 246 Å². The molecule has 0 radical (unpaired) electrons. The average Bonchev–Trinajstić information content (AvgIpc) is 4.12. The first kappa shape index (κ1) is 39.9. The van der Waals surface area contributed by atoms with Gasteiger partial charge >= 0.3 is 0 Å². The first-order chi connectivity index (χ1) is 34.7. The Hall–Kier alpha value is -9.24. The van der Waals surface area contributed by atoms with Crippen molar-refractivity contribution in [2.24, 2.45) is 0 Å². The molecule has 0 atom stereocenters. The van der Waals surface area contributed by atoms with E-state index in [-0.39, 0.29) is 0 Å². The molecule has 0 aliphatic heterocycles. The lowest BCUT2D eigenvalue weighted by Crippen LogP contribution is -2.74. The lowest BCUT2D eigenvalue weighted by atomic mass is 9.97. The highest BCUT2D eigenvalue weighted by molar-refractivity contribution is 7.19. The van der Waals surface area contributed by atoms with Crippen molar-refractivity contribution < 1.29 is 8.83 Å². The highest BCUT2D eigenvalue weighted by atomic mass is 28.3. The molecule has 9 aromatic carbocycles. The molecule has 0 unspecified atom stereocenters. The summed E-state index contributed by atoms with van der Waals surface area (Å²) < 4.78 is 15.2. The second-order valence-corrected chi connectivity index (χ2v) is 21.5. The molecule has 0 amide bonds. The van der Waals surface area contributed by atoms with Crippen LogP contribution < -0.4 is 20.7 Å². The van der Waals surface area contributed by atoms with E-state index in [1.54, 1.807) is 12.4 Å². The number of para-hydroxylation sites is 3. The van der Waals surface area contributed by atoms with Crippen molar-refractivity contribution in [1.82, 2.24) is 24.5 Å². The maximum absolute atomic E-state index is 6.65. The number of hydrogen-bond acceptors (Lipinski definition) is 6. The van der Waals surface area contributed by atoms with Gasteiger partial charge in [0.1, 0.15) is 16.7 Å². The summed E-state index contributed by atoms with van der Waals surface area (Å²) in [5.41, 5.74) is 8.89. The zero-order chi connectivity index (χ0) is 46.2. The van der Waals surface area contributed by atoms with Crippen molar-refractivity contribution in [2.45, 2.75) is 0 Å². The van der Waals surface area contributed by atoms with Crippen molar-refractivity contribution >= 4 is 94.5 Å². The molecule has 14 aromatic rings. The normalized spacial score (nSPS) is 12.0. The van der Waals surface area contributed by atoms with Crippen LogP contribution in [0.3, 0.4) is 0 Å². The third-order valence-corrected chi connectivity index (χ3v) is 18.7. The lowest BCUT2D eigenvalue weighted by Gasteiger charge is -2.34. The van der Waals surface area contributed by atoms with Gasteiger partial charge in [-0.25, -0.2) is 4.98 Å². The molecule has 0 bridgehead atoms. The van der Waals surface area contributed by atoms with E-state index in [2.05, 4.69) is 204 Å². The smallest absolute Gasteiger partial charge is 0.238 e. The van der Waals surface area contributed by atoms with Gasteiger partial charge in [-0.2, -0.15) is 9.97 Å². The number of rotatable bonds is 8. The monoisotopic (exact) mass is 913 g/mol. The molecular weight excluding hydrogens is 875 g/mol. The van der Waals surface area contributed by atoms with Gasteiger partial charge < -0.3 is 8.83 Å². The fourth-order valence-corrected chi connectivity index (χ4v) is 15.8. The minimum absolute atomic E-state index is 0.500. The molecule has 0 saturated heterocycles. The number of furan rings is 2. The zero-order valence-electron chi connectivity index (χ0n) is 37.6. The molecule has 0 fully saturated rings. The average molecular weight is 914 g/mol. The van der Waals surface area contributed by atoms with E-state index in [9.17, 15) is 0 Å². The van der Waals surface area contributed by atoms with E-state index in [0.717, 1.165) is 82.4 Å². The van der Waals surface area contributed by atoms with Gasteiger partial charge in [-0.3, -0.25) is 9.55 Å². The highest BCUT2D eigenvalue weighted by Crippen LogP contribution is 2.43. The number of hydrogen-bond donors (Lipinski definition) is 0. The SMILES string of the molecule is c1ccc([Si](c2ccccc2)(c2ccccc2)c2cccc(-c3nc(-c4cccc5oc6cnccc6c45)nc(-n4c5ccccc5c5c(-c6cccc7c6oc6ccccc67)cccc54)n3)c2)cc1. The van der Waals surface area contributed by atoms with Gasteiger partial charge in [0.2, 0.25) is 5.95 Å². The fourth-order valence-electron chi connectivity index (χ4n) is 11.0. The Morgan fingerprint density at radius 1 is 0.371 bits per heavy atom. The molecule has 0 aliphatic carbocycles. The highest BCUT2D eigenvalue weighted by Gasteiger charge is 2.41. The van der Waals surface area contributed by atoms with E-state index < -0.39 is 8.07 Å². The molecule has 5 heterocycles. The van der Waals surface area contributed by atoms with E-state index in [0.29, 0.717) is 23.2 Å². The third-order valence-electron chi connectivity index (χ3n) is 13.9. The molecular formula is C62H39N5O2Si. The summed E-state index contributed by atoms with van der Waals surface area (Å²) in [6, 6.07) is 79.6. The lowest BCUT2D eigenvalue weighted by molar-refractivity contribution is 0.667. The molecule has 0 spiro atoms. The zero-order valence-corrected chi connectivity index (χ0v) is 38.6. The molecule has 7 nitrogen and oxygen atoms in total. The quantitative estimate of drug-likeness (QED) is 0.112. The molecule has 328 valence electrons. The minimum atomic E-state index is -2.91. The van der Waals surface area contributed by atoms with Crippen LogP contribution in [0.4, 0.5) is 0 Å². The van der Waals surface area contributed by atoms with E-state index >= 15 is 0 Å². The summed E-state index contributed by atoms with van der Waals surface area (Å²) in [6.07, 6.45) is 3.56. The first-order valence-corrected chi connectivity index (χ1v) is 25.4. The molecule has 5 aromatic heterocycles. The molecule has 70 heavy (non-hydrogen) atoms. The van der Waals surface area contributed by atoms with Crippen LogP contribution in [0.25, 0.3) is 106 Å². The van der Waals surface area contributed by atoms with Crippen LogP contribution in [-0.2, 0) is 0 Å². The number of fused-ring (bicyclic) bond motifs is 9. The van der Waals surface area contributed by atoms with Crippen molar-refractivity contribution in [1.29, 1.82) is 0 Å². The largest absolute Gasteiger partial charge is 0.455 e. The van der Waals surface area contributed by atoms with Crippen LogP contribution in [0, 0.1) is 0 Å². The Morgan fingerprint density at radius 3 is 1.74 bits per heavy atom. The van der Waals surface area contributed by atoms with Crippen molar-refractivity contribution in [3.8, 4) is 39.9 Å². The molecule has 0 aliphatic rings. The van der Waals surface area contributed by atoms with Gasteiger partial charge in [-0.1, -0.05) is 194 Å². The second-order valence-electron chi connectivity index (χ2n) is 17.7. The van der Waals surface area contributed by atoms with Gasteiger partial charge in [-0.05, 0) is 56.6 Å². The topological polar surface area (TPSA) is 82.8 Å².